The van der Waals surface area contributed by atoms with Crippen LogP contribution in [0.15, 0.2) is 42.5 Å². The van der Waals surface area contributed by atoms with Crippen LogP contribution in [0.4, 0.5) is 0 Å². The highest BCUT2D eigenvalue weighted by Gasteiger charge is 2.41. The quantitative estimate of drug-likeness (QED) is 0.670. The van der Waals surface area contributed by atoms with Gasteiger partial charge in [-0.3, -0.25) is 4.79 Å². The van der Waals surface area contributed by atoms with Crippen LogP contribution in [-0.4, -0.2) is 57.4 Å². The molecule has 0 N–H and O–H groups in total. The fourth-order valence-electron chi connectivity index (χ4n) is 5.01. The lowest BCUT2D eigenvalue weighted by molar-refractivity contribution is -0.123. The first-order valence-electron chi connectivity index (χ1n) is 11.3. The number of ether oxygens (including phenoxy) is 4. The summed E-state index contributed by atoms with van der Waals surface area (Å²) >= 11 is 0. The Hall–Kier alpha value is -2.73. The number of nitrogens with zero attached hydrogens (tertiary/aromatic N) is 1. The fraction of sp³-hybridized carbons (Fsp3) is 0.500. The van der Waals surface area contributed by atoms with Crippen molar-refractivity contribution < 1.29 is 23.7 Å². The van der Waals surface area contributed by atoms with Crippen molar-refractivity contribution in [1.82, 2.24) is 4.90 Å². The first kappa shape index (κ1) is 22.5. The Morgan fingerprint density at radius 3 is 2.34 bits per heavy atom. The monoisotopic (exact) mass is 439 g/mol. The first-order chi connectivity index (χ1) is 15.6. The molecular formula is C26H33NO5. The van der Waals surface area contributed by atoms with Crippen molar-refractivity contribution in [3.63, 3.8) is 0 Å². The Kier molecular flexibility index (Phi) is 6.89. The molecule has 172 valence electrons. The molecule has 2 heterocycles. The molecular weight excluding hydrogens is 406 g/mol. The van der Waals surface area contributed by atoms with Gasteiger partial charge in [0, 0.05) is 25.8 Å². The third-order valence-electron chi connectivity index (χ3n) is 6.88. The predicted octanol–water partition coefficient (Wildman–Crippen LogP) is 4.36. The molecule has 6 heteroatoms. The number of piperidine rings is 1. The average molecular weight is 440 g/mol. The second-order valence-corrected chi connectivity index (χ2v) is 8.80. The first-order valence-corrected chi connectivity index (χ1v) is 11.3. The number of methoxy groups -OCH3 is 3. The number of hydrogen-bond donors (Lipinski definition) is 0. The molecule has 0 aliphatic carbocycles. The van der Waals surface area contributed by atoms with Crippen LogP contribution in [0.25, 0.3) is 0 Å². The van der Waals surface area contributed by atoms with Gasteiger partial charge in [-0.15, -0.1) is 0 Å². The third-order valence-corrected chi connectivity index (χ3v) is 6.88. The molecule has 32 heavy (non-hydrogen) atoms. The Balaban J connectivity index is 1.37. The number of benzene rings is 2. The zero-order chi connectivity index (χ0) is 22.6. The number of likely N-dealkylation sites (tertiary alicyclic amines) is 1. The van der Waals surface area contributed by atoms with E-state index in [1.165, 1.54) is 5.56 Å². The summed E-state index contributed by atoms with van der Waals surface area (Å²) in [5.41, 5.74) is 1.80. The minimum Gasteiger partial charge on any atom is -0.497 e. The van der Waals surface area contributed by atoms with Crippen molar-refractivity contribution >= 4 is 5.91 Å². The summed E-state index contributed by atoms with van der Waals surface area (Å²) in [6.45, 7) is 2.19. The fourth-order valence-corrected chi connectivity index (χ4v) is 5.01. The zero-order valence-corrected chi connectivity index (χ0v) is 19.3. The maximum Gasteiger partial charge on any atom is 0.257 e. The molecule has 0 aromatic heterocycles. The molecule has 2 aliphatic rings. The summed E-state index contributed by atoms with van der Waals surface area (Å²) in [5.74, 6) is 2.71. The van der Waals surface area contributed by atoms with Crippen molar-refractivity contribution in [3.8, 4) is 17.2 Å². The van der Waals surface area contributed by atoms with Crippen molar-refractivity contribution in [2.75, 3.05) is 41.0 Å². The maximum atomic E-state index is 13.2. The number of carbonyl (C=O) groups excluding carboxylic acids is 1. The molecule has 2 aromatic rings. The van der Waals surface area contributed by atoms with Crippen molar-refractivity contribution in [1.29, 1.82) is 0 Å². The second kappa shape index (κ2) is 9.82. The molecule has 2 saturated heterocycles. The number of hydrogen-bond acceptors (Lipinski definition) is 5. The predicted molar refractivity (Wildman–Crippen MR) is 123 cm³/mol. The van der Waals surface area contributed by atoms with Crippen molar-refractivity contribution in [2.24, 2.45) is 5.92 Å². The molecule has 0 bridgehead atoms. The molecule has 1 atom stereocenters. The van der Waals surface area contributed by atoms with E-state index in [0.717, 1.165) is 44.5 Å². The van der Waals surface area contributed by atoms with Gasteiger partial charge in [0.1, 0.15) is 17.2 Å². The van der Waals surface area contributed by atoms with Crippen molar-refractivity contribution in [2.45, 2.75) is 37.7 Å². The summed E-state index contributed by atoms with van der Waals surface area (Å²) in [7, 11) is 4.88. The van der Waals surface area contributed by atoms with E-state index >= 15 is 0 Å². The standard InChI is InChI=1S/C26H33NO5/c1-29-21-6-4-19(5-7-21)16-20-10-15-32-26(18-20)11-13-27(14-12-26)25(28)23-9-8-22(30-2)17-24(23)31-3/h4-9,17,20H,10-16,18H2,1-3H3/t20-/m1/s1. The molecule has 1 amide bonds. The number of carbonyl (C=O) groups is 1. The highest BCUT2D eigenvalue weighted by atomic mass is 16.5. The van der Waals surface area contributed by atoms with Gasteiger partial charge in [-0.05, 0) is 67.9 Å². The van der Waals surface area contributed by atoms with Crippen LogP contribution in [-0.2, 0) is 11.2 Å². The molecule has 2 aliphatic heterocycles. The van der Waals surface area contributed by atoms with Gasteiger partial charge >= 0.3 is 0 Å². The maximum absolute atomic E-state index is 13.2. The normalized spacial score (nSPS) is 20.1. The molecule has 2 fully saturated rings. The van der Waals surface area contributed by atoms with Crippen LogP contribution >= 0.6 is 0 Å². The molecule has 4 rings (SSSR count). The Morgan fingerprint density at radius 1 is 1.00 bits per heavy atom. The lowest BCUT2D eigenvalue weighted by Gasteiger charge is -2.46. The van der Waals surface area contributed by atoms with E-state index in [-0.39, 0.29) is 11.5 Å². The Bertz CT molecular complexity index is 918. The van der Waals surface area contributed by atoms with Gasteiger partial charge in [0.25, 0.3) is 5.91 Å². The van der Waals surface area contributed by atoms with E-state index in [4.69, 9.17) is 18.9 Å². The largest absolute Gasteiger partial charge is 0.497 e. The van der Waals surface area contributed by atoms with Gasteiger partial charge in [-0.2, -0.15) is 0 Å². The van der Waals surface area contributed by atoms with Gasteiger partial charge in [0.05, 0.1) is 32.5 Å². The summed E-state index contributed by atoms with van der Waals surface area (Å²) in [4.78, 5) is 15.1. The Morgan fingerprint density at radius 2 is 1.69 bits per heavy atom. The van der Waals surface area contributed by atoms with Gasteiger partial charge in [-0.25, -0.2) is 0 Å². The smallest absolute Gasteiger partial charge is 0.257 e. The van der Waals surface area contributed by atoms with Gasteiger partial charge < -0.3 is 23.8 Å². The van der Waals surface area contributed by atoms with E-state index in [1.807, 2.05) is 17.0 Å². The number of amides is 1. The summed E-state index contributed by atoms with van der Waals surface area (Å²) < 4.78 is 22.3. The molecule has 0 unspecified atom stereocenters. The molecule has 0 saturated carbocycles. The van der Waals surface area contributed by atoms with E-state index in [9.17, 15) is 4.79 Å². The van der Waals surface area contributed by atoms with Crippen LogP contribution < -0.4 is 14.2 Å². The van der Waals surface area contributed by atoms with Gasteiger partial charge in [-0.1, -0.05) is 12.1 Å². The summed E-state index contributed by atoms with van der Waals surface area (Å²) in [5, 5.41) is 0. The minimum absolute atomic E-state index is 0.00458. The average Bonchev–Trinajstić information content (AvgIpc) is 2.84. The Labute approximate surface area is 190 Å². The zero-order valence-electron chi connectivity index (χ0n) is 19.3. The van der Waals surface area contributed by atoms with Crippen LogP contribution in [0.1, 0.15) is 41.6 Å². The molecule has 6 nitrogen and oxygen atoms in total. The van der Waals surface area contributed by atoms with Crippen molar-refractivity contribution in [3.05, 3.63) is 53.6 Å². The highest BCUT2D eigenvalue weighted by Crippen LogP contribution is 2.39. The summed E-state index contributed by atoms with van der Waals surface area (Å²) in [6.07, 6.45) is 4.93. The molecule has 1 spiro atoms. The van der Waals surface area contributed by atoms with Crippen LogP contribution in [0.5, 0.6) is 17.2 Å². The number of rotatable bonds is 6. The van der Waals surface area contributed by atoms with E-state index in [2.05, 4.69) is 12.1 Å². The van der Waals surface area contributed by atoms with E-state index in [1.54, 1.807) is 39.5 Å². The third kappa shape index (κ3) is 4.85. The summed E-state index contributed by atoms with van der Waals surface area (Å²) in [6, 6.07) is 13.7. The van der Waals surface area contributed by atoms with Crippen LogP contribution in [0, 0.1) is 5.92 Å². The van der Waals surface area contributed by atoms with E-state index < -0.39 is 0 Å². The topological polar surface area (TPSA) is 57.2 Å². The lowest BCUT2D eigenvalue weighted by Crippen LogP contribution is -2.51. The molecule has 2 aromatic carbocycles. The minimum atomic E-state index is -0.115. The van der Waals surface area contributed by atoms with Crippen LogP contribution in [0.3, 0.4) is 0 Å². The highest BCUT2D eigenvalue weighted by molar-refractivity contribution is 5.97. The molecule has 0 radical (unpaired) electrons. The van der Waals surface area contributed by atoms with Gasteiger partial charge in [0.2, 0.25) is 0 Å². The second-order valence-electron chi connectivity index (χ2n) is 8.80. The lowest BCUT2D eigenvalue weighted by atomic mass is 9.77. The SMILES string of the molecule is COc1ccc(C[C@H]2CCOC3(CCN(C(=O)c4ccc(OC)cc4OC)CC3)C2)cc1. The van der Waals surface area contributed by atoms with Gasteiger partial charge in [0.15, 0.2) is 0 Å². The van der Waals surface area contributed by atoms with E-state index in [0.29, 0.717) is 36.1 Å². The van der Waals surface area contributed by atoms with Crippen LogP contribution in [0.2, 0.25) is 0 Å².